The van der Waals surface area contributed by atoms with Crippen LogP contribution in [0.5, 0.6) is 0 Å². The molecule has 15 heavy (non-hydrogen) atoms. The summed E-state index contributed by atoms with van der Waals surface area (Å²) < 4.78 is 23.4. The highest BCUT2D eigenvalue weighted by atomic mass is 35.5. The van der Waals surface area contributed by atoms with E-state index >= 15 is 0 Å². The van der Waals surface area contributed by atoms with E-state index < -0.39 is 9.84 Å². The zero-order chi connectivity index (χ0) is 10.9. The summed E-state index contributed by atoms with van der Waals surface area (Å²) in [6, 6.07) is 5.61. The lowest BCUT2D eigenvalue weighted by atomic mass is 10.1. The van der Waals surface area contributed by atoms with Gasteiger partial charge in [-0.15, -0.1) is 11.6 Å². The highest BCUT2D eigenvalue weighted by Crippen LogP contribution is 2.27. The van der Waals surface area contributed by atoms with E-state index in [0.717, 1.165) is 17.7 Å². The van der Waals surface area contributed by atoms with E-state index in [0.29, 0.717) is 17.3 Å². The molecule has 0 bridgehead atoms. The molecule has 1 aliphatic rings. The first kappa shape index (κ1) is 10.8. The Morgan fingerprint density at radius 2 is 2.20 bits per heavy atom. The molecule has 1 aromatic rings. The largest absolute Gasteiger partial charge is 0.372 e. The molecule has 0 saturated heterocycles. The second-order valence-electron chi connectivity index (χ2n) is 3.56. The summed E-state index contributed by atoms with van der Waals surface area (Å²) in [6.45, 7) is 0. The summed E-state index contributed by atoms with van der Waals surface area (Å²) in [7, 11) is -3.03. The van der Waals surface area contributed by atoms with E-state index in [1.54, 1.807) is 12.1 Å². The summed E-state index contributed by atoms with van der Waals surface area (Å²) in [6.07, 6.45) is 1.53. The van der Waals surface area contributed by atoms with E-state index in [4.69, 9.17) is 11.6 Å². The molecular weight excluding hydrogens is 234 g/mol. The van der Waals surface area contributed by atoms with Crippen molar-refractivity contribution in [2.45, 2.75) is 17.7 Å². The third-order valence-corrected chi connectivity index (χ3v) is 4.55. The highest BCUT2D eigenvalue weighted by Gasteiger charge is 2.23. The van der Waals surface area contributed by atoms with Crippen molar-refractivity contribution in [3.63, 3.8) is 0 Å². The number of hydrogen-bond donors (Lipinski definition) is 1. The Bertz CT molecular complexity index is 470. The van der Waals surface area contributed by atoms with Crippen molar-refractivity contribution in [1.82, 2.24) is 0 Å². The average molecular weight is 246 g/mol. The molecule has 3 nitrogen and oxygen atoms in total. The number of anilines is 1. The van der Waals surface area contributed by atoms with Crippen LogP contribution >= 0.6 is 11.6 Å². The minimum atomic E-state index is -3.03. The fourth-order valence-electron chi connectivity index (χ4n) is 1.83. The lowest BCUT2D eigenvalue weighted by Gasteiger charge is -2.17. The van der Waals surface area contributed by atoms with Crippen LogP contribution in [0.2, 0.25) is 0 Å². The molecule has 5 heteroatoms. The quantitative estimate of drug-likeness (QED) is 0.641. The van der Waals surface area contributed by atoms with Crippen LogP contribution < -0.4 is 5.32 Å². The van der Waals surface area contributed by atoms with E-state index in [-0.39, 0.29) is 5.75 Å². The highest BCUT2D eigenvalue weighted by molar-refractivity contribution is 7.91. The van der Waals surface area contributed by atoms with Crippen molar-refractivity contribution in [2.24, 2.45) is 0 Å². The number of halogens is 1. The third-order valence-electron chi connectivity index (χ3n) is 2.53. The number of hydrogen-bond acceptors (Lipinski definition) is 3. The van der Waals surface area contributed by atoms with E-state index in [1.165, 1.54) is 0 Å². The fourth-order valence-corrected chi connectivity index (χ4v) is 3.56. The Labute approximate surface area is 94.4 Å². The molecule has 1 N–H and O–H groups in total. The maximum atomic E-state index is 11.7. The van der Waals surface area contributed by atoms with Gasteiger partial charge < -0.3 is 5.32 Å². The number of alkyl halides is 1. The van der Waals surface area contributed by atoms with Gasteiger partial charge >= 0.3 is 0 Å². The maximum absolute atomic E-state index is 11.7. The number of fused-ring (bicyclic) bond motifs is 1. The second-order valence-corrected chi connectivity index (χ2v) is 5.90. The zero-order valence-corrected chi connectivity index (χ0v) is 9.74. The standard InChI is InChI=1S/C10H12ClNO2S/c11-7-12-9-3-4-10-8(6-9)2-1-5-15(10,13)14/h3-4,6,12H,1-2,5,7H2. The lowest BCUT2D eigenvalue weighted by molar-refractivity contribution is 0.586. The molecule has 0 spiro atoms. The molecule has 0 saturated carbocycles. The van der Waals surface area contributed by atoms with Gasteiger partial charge in [-0.2, -0.15) is 0 Å². The molecule has 0 radical (unpaired) electrons. The molecule has 1 aromatic carbocycles. The molecular formula is C10H12ClNO2S. The van der Waals surface area contributed by atoms with Crippen molar-refractivity contribution < 1.29 is 8.42 Å². The molecule has 0 amide bonds. The molecule has 1 aliphatic heterocycles. The Balaban J connectivity index is 2.45. The van der Waals surface area contributed by atoms with Crippen molar-refractivity contribution in [1.29, 1.82) is 0 Å². The fraction of sp³-hybridized carbons (Fsp3) is 0.400. The SMILES string of the molecule is O=S1(=O)CCCc2cc(NCCl)ccc21. The second kappa shape index (κ2) is 4.02. The first-order valence-electron chi connectivity index (χ1n) is 4.79. The van der Waals surface area contributed by atoms with Crippen LogP contribution in [0.25, 0.3) is 0 Å². The minimum Gasteiger partial charge on any atom is -0.372 e. The first-order valence-corrected chi connectivity index (χ1v) is 6.98. The smallest absolute Gasteiger partial charge is 0.178 e. The van der Waals surface area contributed by atoms with Gasteiger partial charge in [-0.05, 0) is 36.6 Å². The molecule has 0 unspecified atom stereocenters. The number of benzene rings is 1. The van der Waals surface area contributed by atoms with Gasteiger partial charge in [0.2, 0.25) is 0 Å². The summed E-state index contributed by atoms with van der Waals surface area (Å²) in [5.74, 6) is 0.266. The predicted molar refractivity (Wildman–Crippen MR) is 61.2 cm³/mol. The number of rotatable bonds is 2. The van der Waals surface area contributed by atoms with Gasteiger partial charge in [-0.1, -0.05) is 0 Å². The topological polar surface area (TPSA) is 46.2 Å². The van der Waals surface area contributed by atoms with Gasteiger partial charge in [-0.25, -0.2) is 8.42 Å². The van der Waals surface area contributed by atoms with Crippen LogP contribution in [0.4, 0.5) is 5.69 Å². The first-order chi connectivity index (χ1) is 7.13. The molecule has 0 aromatic heterocycles. The van der Waals surface area contributed by atoms with Gasteiger partial charge in [0.25, 0.3) is 0 Å². The molecule has 1 heterocycles. The molecule has 2 rings (SSSR count). The van der Waals surface area contributed by atoms with Crippen molar-refractivity contribution >= 4 is 27.1 Å². The minimum absolute atomic E-state index is 0.266. The van der Waals surface area contributed by atoms with E-state index in [9.17, 15) is 8.42 Å². The summed E-state index contributed by atoms with van der Waals surface area (Å²) in [5, 5.41) is 2.96. The Hall–Kier alpha value is -0.740. The molecule has 0 fully saturated rings. The third kappa shape index (κ3) is 2.11. The molecule has 0 aliphatic carbocycles. The Morgan fingerprint density at radius 3 is 2.93 bits per heavy atom. The summed E-state index contributed by atoms with van der Waals surface area (Å²) in [4.78, 5) is 0.480. The monoisotopic (exact) mass is 245 g/mol. The van der Waals surface area contributed by atoms with Crippen molar-refractivity contribution in [2.75, 3.05) is 17.1 Å². The van der Waals surface area contributed by atoms with Gasteiger partial charge in [-0.3, -0.25) is 0 Å². The molecule has 0 atom stereocenters. The van der Waals surface area contributed by atoms with Crippen molar-refractivity contribution in [3.8, 4) is 0 Å². The lowest BCUT2D eigenvalue weighted by Crippen LogP contribution is -2.16. The van der Waals surface area contributed by atoms with E-state index in [2.05, 4.69) is 5.32 Å². The molecule has 82 valence electrons. The van der Waals surface area contributed by atoms with Crippen LogP contribution in [-0.4, -0.2) is 20.2 Å². The van der Waals surface area contributed by atoms with Crippen molar-refractivity contribution in [3.05, 3.63) is 23.8 Å². The normalized spacial score (nSPS) is 18.2. The number of nitrogens with one attached hydrogen (secondary N) is 1. The van der Waals surface area contributed by atoms with Gasteiger partial charge in [0.05, 0.1) is 16.7 Å². The average Bonchev–Trinajstić information content (AvgIpc) is 2.17. The zero-order valence-electron chi connectivity index (χ0n) is 8.16. The van der Waals surface area contributed by atoms with Crippen LogP contribution in [0.15, 0.2) is 23.1 Å². The van der Waals surface area contributed by atoms with Gasteiger partial charge in [0, 0.05) is 5.69 Å². The predicted octanol–water partition coefficient (Wildman–Crippen LogP) is 2.01. The van der Waals surface area contributed by atoms with Gasteiger partial charge in [0.1, 0.15) is 0 Å². The number of aryl methyl sites for hydroxylation is 1. The summed E-state index contributed by atoms with van der Waals surface area (Å²) >= 11 is 5.55. The van der Waals surface area contributed by atoms with Gasteiger partial charge in [0.15, 0.2) is 9.84 Å². The van der Waals surface area contributed by atoms with Crippen LogP contribution in [-0.2, 0) is 16.3 Å². The number of sulfone groups is 1. The van der Waals surface area contributed by atoms with Crippen LogP contribution in [0.3, 0.4) is 0 Å². The Morgan fingerprint density at radius 1 is 1.40 bits per heavy atom. The van der Waals surface area contributed by atoms with Crippen LogP contribution in [0, 0.1) is 0 Å². The maximum Gasteiger partial charge on any atom is 0.178 e. The van der Waals surface area contributed by atoms with Crippen LogP contribution in [0.1, 0.15) is 12.0 Å². The summed E-state index contributed by atoms with van der Waals surface area (Å²) in [5.41, 5.74) is 1.78. The Kier molecular flexibility index (Phi) is 2.89. The van der Waals surface area contributed by atoms with E-state index in [1.807, 2.05) is 6.07 Å².